The summed E-state index contributed by atoms with van der Waals surface area (Å²) >= 11 is 3.43. The monoisotopic (exact) mass is 437 g/mol. The Hall–Kier alpha value is -2.73. The standard InChI is InChI=1S/C22H20BrN3O2/c23-19-11-9-17(10-12-19)21-24-22(28-25-21)18-7-4-14-26(15-18)20(27)13-8-16-5-2-1-3-6-16/h1-3,5-6,8-13,18H,4,7,14-15H2/b13-8+. The zero-order valence-corrected chi connectivity index (χ0v) is 16.9. The first-order valence-electron chi connectivity index (χ1n) is 9.30. The van der Waals surface area contributed by atoms with Gasteiger partial charge in [-0.2, -0.15) is 4.98 Å². The molecule has 0 saturated carbocycles. The lowest BCUT2D eigenvalue weighted by Crippen LogP contribution is -2.38. The molecule has 2 aromatic carbocycles. The van der Waals surface area contributed by atoms with E-state index in [1.165, 1.54) is 0 Å². The van der Waals surface area contributed by atoms with Crippen LogP contribution >= 0.6 is 15.9 Å². The van der Waals surface area contributed by atoms with E-state index < -0.39 is 0 Å². The maximum absolute atomic E-state index is 12.6. The van der Waals surface area contributed by atoms with Crippen molar-refractivity contribution < 1.29 is 9.32 Å². The first-order chi connectivity index (χ1) is 13.7. The largest absolute Gasteiger partial charge is 0.339 e. The van der Waals surface area contributed by atoms with Crippen LogP contribution in [0.1, 0.15) is 30.2 Å². The van der Waals surface area contributed by atoms with Crippen molar-refractivity contribution in [2.75, 3.05) is 13.1 Å². The summed E-state index contributed by atoms with van der Waals surface area (Å²) in [7, 11) is 0. The lowest BCUT2D eigenvalue weighted by atomic mass is 9.98. The lowest BCUT2D eigenvalue weighted by Gasteiger charge is -2.30. The van der Waals surface area contributed by atoms with Gasteiger partial charge in [-0.1, -0.05) is 51.4 Å². The quantitative estimate of drug-likeness (QED) is 0.543. The Morgan fingerprint density at radius 3 is 2.71 bits per heavy atom. The second-order valence-electron chi connectivity index (χ2n) is 6.83. The van der Waals surface area contributed by atoms with Crippen LogP contribution in [0.4, 0.5) is 0 Å². The minimum Gasteiger partial charge on any atom is -0.339 e. The molecule has 142 valence electrons. The molecule has 1 saturated heterocycles. The highest BCUT2D eigenvalue weighted by Gasteiger charge is 2.28. The molecule has 1 fully saturated rings. The number of benzene rings is 2. The summed E-state index contributed by atoms with van der Waals surface area (Å²) in [4.78, 5) is 19.0. The van der Waals surface area contributed by atoms with Crippen LogP contribution in [0, 0.1) is 0 Å². The third-order valence-electron chi connectivity index (χ3n) is 4.84. The van der Waals surface area contributed by atoms with Gasteiger partial charge in [0.1, 0.15) is 0 Å². The maximum atomic E-state index is 12.6. The second kappa shape index (κ2) is 8.52. The zero-order valence-electron chi connectivity index (χ0n) is 15.3. The Bertz CT molecular complexity index is 967. The van der Waals surface area contributed by atoms with Gasteiger partial charge in [-0.05, 0) is 48.7 Å². The average Bonchev–Trinajstić information content (AvgIpc) is 3.24. The third-order valence-corrected chi connectivity index (χ3v) is 5.37. The molecule has 4 rings (SSSR count). The number of likely N-dealkylation sites (tertiary alicyclic amines) is 1. The van der Waals surface area contributed by atoms with E-state index in [0.29, 0.717) is 18.3 Å². The van der Waals surface area contributed by atoms with Gasteiger partial charge in [-0.15, -0.1) is 0 Å². The molecular formula is C22H20BrN3O2. The number of piperidine rings is 1. The van der Waals surface area contributed by atoms with Crippen molar-refractivity contribution >= 4 is 27.9 Å². The molecule has 2 heterocycles. The maximum Gasteiger partial charge on any atom is 0.246 e. The number of carbonyl (C=O) groups excluding carboxylic acids is 1. The van der Waals surface area contributed by atoms with Crippen molar-refractivity contribution in [3.8, 4) is 11.4 Å². The van der Waals surface area contributed by atoms with Crippen molar-refractivity contribution in [1.82, 2.24) is 15.0 Å². The molecule has 1 amide bonds. The van der Waals surface area contributed by atoms with Gasteiger partial charge in [0, 0.05) is 29.2 Å². The van der Waals surface area contributed by atoms with E-state index in [2.05, 4.69) is 26.1 Å². The van der Waals surface area contributed by atoms with E-state index in [-0.39, 0.29) is 11.8 Å². The number of halogens is 1. The molecular weight excluding hydrogens is 418 g/mol. The topological polar surface area (TPSA) is 59.2 Å². The van der Waals surface area contributed by atoms with Crippen molar-refractivity contribution in [3.05, 3.63) is 76.6 Å². The fraction of sp³-hybridized carbons (Fsp3) is 0.227. The summed E-state index contributed by atoms with van der Waals surface area (Å²) in [5.41, 5.74) is 1.92. The number of hydrogen-bond acceptors (Lipinski definition) is 4. The molecule has 0 radical (unpaired) electrons. The van der Waals surface area contributed by atoms with E-state index in [1.807, 2.05) is 65.6 Å². The SMILES string of the molecule is O=C(/C=C/c1ccccc1)N1CCCC(c2nc(-c3ccc(Br)cc3)no2)C1. The van der Waals surface area contributed by atoms with Gasteiger partial charge in [-0.3, -0.25) is 4.79 Å². The molecule has 5 nitrogen and oxygen atoms in total. The minimum atomic E-state index is 0.0150. The normalized spacial score (nSPS) is 17.2. The first kappa shape index (κ1) is 18.6. The molecule has 0 N–H and O–H groups in total. The van der Waals surface area contributed by atoms with Gasteiger partial charge in [0.25, 0.3) is 0 Å². The summed E-state index contributed by atoms with van der Waals surface area (Å²) in [5, 5.41) is 4.12. The Morgan fingerprint density at radius 1 is 1.14 bits per heavy atom. The van der Waals surface area contributed by atoms with Gasteiger partial charge in [0.2, 0.25) is 17.6 Å². The molecule has 1 unspecified atom stereocenters. The zero-order chi connectivity index (χ0) is 19.3. The van der Waals surface area contributed by atoms with E-state index >= 15 is 0 Å². The van der Waals surface area contributed by atoms with Gasteiger partial charge < -0.3 is 9.42 Å². The molecule has 3 aromatic rings. The van der Waals surface area contributed by atoms with Crippen LogP contribution < -0.4 is 0 Å². The number of carbonyl (C=O) groups is 1. The summed E-state index contributed by atoms with van der Waals surface area (Å²) in [6, 6.07) is 17.6. The molecule has 1 atom stereocenters. The van der Waals surface area contributed by atoms with Crippen molar-refractivity contribution in [2.45, 2.75) is 18.8 Å². The molecule has 6 heteroatoms. The highest BCUT2D eigenvalue weighted by Crippen LogP contribution is 2.28. The number of hydrogen-bond donors (Lipinski definition) is 0. The van der Waals surface area contributed by atoms with Crippen LogP contribution in [0.5, 0.6) is 0 Å². The summed E-state index contributed by atoms with van der Waals surface area (Å²) in [6.07, 6.45) is 5.35. The van der Waals surface area contributed by atoms with Gasteiger partial charge in [-0.25, -0.2) is 0 Å². The molecule has 28 heavy (non-hydrogen) atoms. The number of nitrogens with zero attached hydrogens (tertiary/aromatic N) is 3. The van der Waals surface area contributed by atoms with Crippen LogP contribution in [0.2, 0.25) is 0 Å². The van der Waals surface area contributed by atoms with Crippen LogP contribution in [0.25, 0.3) is 17.5 Å². The number of rotatable bonds is 4. The van der Waals surface area contributed by atoms with Crippen LogP contribution in [-0.2, 0) is 4.79 Å². The summed E-state index contributed by atoms with van der Waals surface area (Å²) < 4.78 is 6.52. The lowest BCUT2D eigenvalue weighted by molar-refractivity contribution is -0.127. The number of aromatic nitrogens is 2. The molecule has 1 aliphatic heterocycles. The fourth-order valence-corrected chi connectivity index (χ4v) is 3.60. The van der Waals surface area contributed by atoms with Crippen LogP contribution in [-0.4, -0.2) is 34.0 Å². The predicted octanol–water partition coefficient (Wildman–Crippen LogP) is 4.92. The average molecular weight is 438 g/mol. The minimum absolute atomic E-state index is 0.0150. The Balaban J connectivity index is 1.43. The number of amides is 1. The third kappa shape index (κ3) is 4.39. The van der Waals surface area contributed by atoms with Gasteiger partial charge in [0.15, 0.2) is 0 Å². The van der Waals surface area contributed by atoms with Gasteiger partial charge in [0.05, 0.1) is 5.92 Å². The van der Waals surface area contributed by atoms with E-state index in [0.717, 1.165) is 35.0 Å². The van der Waals surface area contributed by atoms with Crippen LogP contribution in [0.15, 0.2) is 69.7 Å². The molecule has 1 aromatic heterocycles. The summed E-state index contributed by atoms with van der Waals surface area (Å²) in [6.45, 7) is 1.35. The highest BCUT2D eigenvalue weighted by atomic mass is 79.9. The molecule has 0 spiro atoms. The first-order valence-corrected chi connectivity index (χ1v) is 10.1. The fourth-order valence-electron chi connectivity index (χ4n) is 3.33. The molecule has 0 bridgehead atoms. The Morgan fingerprint density at radius 2 is 1.93 bits per heavy atom. The molecule has 0 aliphatic carbocycles. The van der Waals surface area contributed by atoms with Gasteiger partial charge >= 0.3 is 0 Å². The van der Waals surface area contributed by atoms with Crippen LogP contribution in [0.3, 0.4) is 0 Å². The van der Waals surface area contributed by atoms with E-state index in [9.17, 15) is 4.79 Å². The highest BCUT2D eigenvalue weighted by molar-refractivity contribution is 9.10. The van der Waals surface area contributed by atoms with E-state index in [4.69, 9.17) is 4.52 Å². The summed E-state index contributed by atoms with van der Waals surface area (Å²) in [5.74, 6) is 1.26. The van der Waals surface area contributed by atoms with Crippen molar-refractivity contribution in [2.24, 2.45) is 0 Å². The van der Waals surface area contributed by atoms with Crippen molar-refractivity contribution in [1.29, 1.82) is 0 Å². The van der Waals surface area contributed by atoms with E-state index in [1.54, 1.807) is 6.08 Å². The Labute approximate surface area is 172 Å². The Kier molecular flexibility index (Phi) is 5.67. The smallest absolute Gasteiger partial charge is 0.246 e. The van der Waals surface area contributed by atoms with Crippen molar-refractivity contribution in [3.63, 3.8) is 0 Å². The predicted molar refractivity (Wildman–Crippen MR) is 111 cm³/mol. The second-order valence-corrected chi connectivity index (χ2v) is 7.75. The molecule has 1 aliphatic rings.